The van der Waals surface area contributed by atoms with E-state index in [4.69, 9.17) is 0 Å². The summed E-state index contributed by atoms with van der Waals surface area (Å²) in [4.78, 5) is 0.396. The Morgan fingerprint density at radius 3 is 3.21 bits per heavy atom. The molecule has 0 nitrogen and oxygen atoms in total. The van der Waals surface area contributed by atoms with Gasteiger partial charge in [-0.2, -0.15) is 0 Å². The molecular weight excluding hydrogens is 236 g/mol. The van der Waals surface area contributed by atoms with Crippen molar-refractivity contribution in [2.24, 2.45) is 0 Å². The Bertz CT molecular complexity index is 377. The highest BCUT2D eigenvalue weighted by atomic mass is 79.9. The highest BCUT2D eigenvalue weighted by Crippen LogP contribution is 2.35. The van der Waals surface area contributed by atoms with Crippen molar-refractivity contribution < 1.29 is 0 Å². The fourth-order valence-corrected chi connectivity index (χ4v) is 2.56. The molecule has 0 saturated heterocycles. The van der Waals surface area contributed by atoms with E-state index in [9.17, 15) is 0 Å². The highest BCUT2D eigenvalue weighted by molar-refractivity contribution is 9.09. The molecule has 1 aromatic carbocycles. The standard InChI is InChI=1S/C13H12Br/c1-2-5-13(14)12-9-8-10-6-3-4-7-11(10)12/h2,4-9,12-13H,1H3/b5-2+. The fraction of sp³-hybridized carbons (Fsp3) is 0.231. The zero-order valence-electron chi connectivity index (χ0n) is 8.07. The third-order valence-electron chi connectivity index (χ3n) is 2.49. The van der Waals surface area contributed by atoms with Gasteiger partial charge in [-0.25, -0.2) is 0 Å². The normalized spacial score (nSPS) is 21.4. The Morgan fingerprint density at radius 1 is 1.57 bits per heavy atom. The van der Waals surface area contributed by atoms with E-state index in [1.807, 2.05) is 19.1 Å². The lowest BCUT2D eigenvalue weighted by atomic mass is 9.97. The minimum Gasteiger partial charge on any atom is -0.0905 e. The SMILES string of the molecule is C/C=C/C(Br)C1C=Cc2c[c]ccc21. The van der Waals surface area contributed by atoms with Gasteiger partial charge in [0.1, 0.15) is 0 Å². The van der Waals surface area contributed by atoms with Crippen LogP contribution >= 0.6 is 15.9 Å². The Morgan fingerprint density at radius 2 is 2.43 bits per heavy atom. The number of hydrogen-bond donors (Lipinski definition) is 0. The van der Waals surface area contributed by atoms with E-state index in [2.05, 4.69) is 52.4 Å². The van der Waals surface area contributed by atoms with Crippen LogP contribution in [0.5, 0.6) is 0 Å². The summed E-state index contributed by atoms with van der Waals surface area (Å²) >= 11 is 3.69. The van der Waals surface area contributed by atoms with Crippen LogP contribution < -0.4 is 0 Å². The molecule has 0 N–H and O–H groups in total. The van der Waals surface area contributed by atoms with Crippen molar-refractivity contribution in [3.8, 4) is 0 Å². The lowest BCUT2D eigenvalue weighted by Gasteiger charge is -2.14. The van der Waals surface area contributed by atoms with Crippen molar-refractivity contribution in [3.05, 3.63) is 53.6 Å². The second kappa shape index (κ2) is 4.14. The molecule has 2 unspecified atom stereocenters. The van der Waals surface area contributed by atoms with Gasteiger partial charge < -0.3 is 0 Å². The van der Waals surface area contributed by atoms with E-state index in [-0.39, 0.29) is 0 Å². The molecule has 0 bridgehead atoms. The van der Waals surface area contributed by atoms with Crippen molar-refractivity contribution in [3.63, 3.8) is 0 Å². The van der Waals surface area contributed by atoms with Gasteiger partial charge in [-0.05, 0) is 30.2 Å². The van der Waals surface area contributed by atoms with Crippen LogP contribution in [-0.4, -0.2) is 4.83 Å². The first-order valence-electron chi connectivity index (χ1n) is 4.78. The van der Waals surface area contributed by atoms with Crippen LogP contribution in [-0.2, 0) is 0 Å². The third kappa shape index (κ3) is 1.69. The first kappa shape index (κ1) is 9.72. The van der Waals surface area contributed by atoms with Gasteiger partial charge in [-0.15, -0.1) is 0 Å². The van der Waals surface area contributed by atoms with E-state index in [0.29, 0.717) is 10.7 Å². The summed E-state index contributed by atoms with van der Waals surface area (Å²) in [5, 5.41) is 0. The smallest absolute Gasteiger partial charge is 0.0429 e. The molecular formula is C13H12Br. The predicted octanol–water partition coefficient (Wildman–Crippen LogP) is 3.94. The van der Waals surface area contributed by atoms with Gasteiger partial charge in [-0.3, -0.25) is 0 Å². The van der Waals surface area contributed by atoms with Gasteiger partial charge in [0.25, 0.3) is 0 Å². The second-order valence-corrected chi connectivity index (χ2v) is 4.47. The van der Waals surface area contributed by atoms with Gasteiger partial charge in [0, 0.05) is 10.7 Å². The maximum Gasteiger partial charge on any atom is 0.0429 e. The molecule has 1 aromatic rings. The van der Waals surface area contributed by atoms with Crippen molar-refractivity contribution in [2.75, 3.05) is 0 Å². The molecule has 0 spiro atoms. The summed E-state index contributed by atoms with van der Waals surface area (Å²) in [6.45, 7) is 2.05. The van der Waals surface area contributed by atoms with Crippen LogP contribution in [0.2, 0.25) is 0 Å². The molecule has 0 amide bonds. The van der Waals surface area contributed by atoms with Crippen LogP contribution in [0.4, 0.5) is 0 Å². The molecule has 0 fully saturated rings. The van der Waals surface area contributed by atoms with Crippen molar-refractivity contribution in [2.45, 2.75) is 17.7 Å². The minimum absolute atomic E-state index is 0.396. The molecule has 2 atom stereocenters. The number of allylic oxidation sites excluding steroid dienone is 3. The zero-order chi connectivity index (χ0) is 9.97. The third-order valence-corrected chi connectivity index (χ3v) is 3.37. The van der Waals surface area contributed by atoms with Gasteiger partial charge in [0.05, 0.1) is 0 Å². The maximum atomic E-state index is 3.69. The number of benzene rings is 1. The first-order valence-corrected chi connectivity index (χ1v) is 5.69. The summed E-state index contributed by atoms with van der Waals surface area (Å²) in [5.74, 6) is 0.468. The number of rotatable bonds is 2. The fourth-order valence-electron chi connectivity index (χ4n) is 1.80. The molecule has 1 aliphatic rings. The van der Waals surface area contributed by atoms with Crippen molar-refractivity contribution >= 4 is 22.0 Å². The molecule has 0 aromatic heterocycles. The van der Waals surface area contributed by atoms with Gasteiger partial charge in [0.15, 0.2) is 0 Å². The largest absolute Gasteiger partial charge is 0.0905 e. The monoisotopic (exact) mass is 247 g/mol. The van der Waals surface area contributed by atoms with Gasteiger partial charge >= 0.3 is 0 Å². The molecule has 0 heterocycles. The molecule has 0 aliphatic heterocycles. The van der Waals surface area contributed by atoms with Crippen LogP contribution in [0.25, 0.3) is 6.08 Å². The summed E-state index contributed by atoms with van der Waals surface area (Å²) < 4.78 is 0. The van der Waals surface area contributed by atoms with Gasteiger partial charge in [-0.1, -0.05) is 52.4 Å². The second-order valence-electron chi connectivity index (χ2n) is 3.41. The number of halogens is 1. The number of hydrogen-bond acceptors (Lipinski definition) is 0. The minimum atomic E-state index is 0.396. The van der Waals surface area contributed by atoms with E-state index < -0.39 is 0 Å². The van der Waals surface area contributed by atoms with Crippen molar-refractivity contribution in [1.29, 1.82) is 0 Å². The molecule has 0 saturated carbocycles. The summed E-state index contributed by atoms with van der Waals surface area (Å²) in [6, 6.07) is 9.27. The summed E-state index contributed by atoms with van der Waals surface area (Å²) in [7, 11) is 0. The molecule has 1 heteroatoms. The molecule has 71 valence electrons. The summed E-state index contributed by atoms with van der Waals surface area (Å²) in [6.07, 6.45) is 8.69. The van der Waals surface area contributed by atoms with E-state index in [0.717, 1.165) is 0 Å². The van der Waals surface area contributed by atoms with E-state index >= 15 is 0 Å². The Balaban J connectivity index is 2.30. The molecule has 14 heavy (non-hydrogen) atoms. The Labute approximate surface area is 93.5 Å². The molecule has 1 radical (unpaired) electrons. The lowest BCUT2D eigenvalue weighted by molar-refractivity contribution is 0.908. The van der Waals surface area contributed by atoms with Crippen LogP contribution in [0.1, 0.15) is 24.0 Å². The summed E-state index contributed by atoms with van der Waals surface area (Å²) in [5.41, 5.74) is 2.69. The maximum absolute atomic E-state index is 3.69. The Kier molecular flexibility index (Phi) is 2.87. The number of fused-ring (bicyclic) bond motifs is 1. The van der Waals surface area contributed by atoms with Crippen LogP contribution in [0, 0.1) is 6.07 Å². The average molecular weight is 248 g/mol. The average Bonchev–Trinajstić information content (AvgIpc) is 2.61. The van der Waals surface area contributed by atoms with Crippen LogP contribution in [0.15, 0.2) is 36.4 Å². The van der Waals surface area contributed by atoms with Crippen LogP contribution in [0.3, 0.4) is 0 Å². The Hall–Kier alpha value is -0.820. The van der Waals surface area contributed by atoms with E-state index in [1.165, 1.54) is 11.1 Å². The topological polar surface area (TPSA) is 0 Å². The van der Waals surface area contributed by atoms with Crippen molar-refractivity contribution in [1.82, 2.24) is 0 Å². The highest BCUT2D eigenvalue weighted by Gasteiger charge is 2.21. The zero-order valence-corrected chi connectivity index (χ0v) is 9.66. The lowest BCUT2D eigenvalue weighted by Crippen LogP contribution is -2.05. The first-order chi connectivity index (χ1) is 6.83. The predicted molar refractivity (Wildman–Crippen MR) is 64.6 cm³/mol. The number of alkyl halides is 1. The molecule has 1 aliphatic carbocycles. The quantitative estimate of drug-likeness (QED) is 0.549. The van der Waals surface area contributed by atoms with Gasteiger partial charge in [0.2, 0.25) is 0 Å². The van der Waals surface area contributed by atoms with E-state index in [1.54, 1.807) is 0 Å². The molecule has 2 rings (SSSR count).